The van der Waals surface area contributed by atoms with E-state index in [1.165, 1.54) is 11.1 Å². The molecule has 3 nitrogen and oxygen atoms in total. The Bertz CT molecular complexity index is 512. The fourth-order valence-corrected chi connectivity index (χ4v) is 2.47. The van der Waals surface area contributed by atoms with E-state index < -0.39 is 0 Å². The summed E-state index contributed by atoms with van der Waals surface area (Å²) in [5.74, 6) is 0.456. The summed E-state index contributed by atoms with van der Waals surface area (Å²) in [5.41, 5.74) is 8.78. The van der Waals surface area contributed by atoms with Crippen LogP contribution >= 0.6 is 0 Å². The highest BCUT2D eigenvalue weighted by Crippen LogP contribution is 2.57. The third kappa shape index (κ3) is 1.07. The Kier molecular flexibility index (Phi) is 1.55. The second-order valence-corrected chi connectivity index (χ2v) is 4.96. The van der Waals surface area contributed by atoms with Crippen LogP contribution in [0.5, 0.6) is 0 Å². The van der Waals surface area contributed by atoms with E-state index in [-0.39, 0.29) is 11.5 Å². The van der Waals surface area contributed by atoms with Crippen LogP contribution in [0.4, 0.5) is 0 Å². The van der Waals surface area contributed by atoms with E-state index in [1.807, 2.05) is 29.0 Å². The van der Waals surface area contributed by atoms with E-state index in [4.69, 9.17) is 5.73 Å². The van der Waals surface area contributed by atoms with Gasteiger partial charge in [0.2, 0.25) is 0 Å². The van der Waals surface area contributed by atoms with Gasteiger partial charge in [-0.05, 0) is 17.5 Å². The first kappa shape index (κ1) is 8.92. The van der Waals surface area contributed by atoms with E-state index >= 15 is 0 Å². The Hall–Kier alpha value is -1.35. The highest BCUT2D eigenvalue weighted by molar-refractivity contribution is 5.58. The highest BCUT2D eigenvalue weighted by Gasteiger charge is 2.57. The van der Waals surface area contributed by atoms with Crippen molar-refractivity contribution in [2.24, 2.45) is 11.1 Å². The van der Waals surface area contributed by atoms with Crippen molar-refractivity contribution in [3.8, 4) is 0 Å². The Morgan fingerprint density at radius 1 is 1.40 bits per heavy atom. The fourth-order valence-electron chi connectivity index (χ4n) is 2.47. The number of pyridine rings is 1. The number of hydrogen-bond acceptors (Lipinski definition) is 2. The minimum absolute atomic E-state index is 0.222. The monoisotopic (exact) mass is 201 g/mol. The molecule has 0 bridgehead atoms. The van der Waals surface area contributed by atoms with Crippen molar-refractivity contribution in [2.75, 3.05) is 0 Å². The van der Waals surface area contributed by atoms with Gasteiger partial charge in [0.25, 0.3) is 0 Å². The van der Waals surface area contributed by atoms with Crippen molar-refractivity contribution in [3.05, 3.63) is 36.2 Å². The van der Waals surface area contributed by atoms with Gasteiger partial charge >= 0.3 is 0 Å². The molecule has 1 saturated carbocycles. The Morgan fingerprint density at radius 2 is 2.13 bits per heavy atom. The molecule has 3 rings (SSSR count). The summed E-state index contributed by atoms with van der Waals surface area (Å²) in [6.45, 7) is 4.43. The smallest absolute Gasteiger partial charge is 0.0697 e. The molecule has 2 N–H and O–H groups in total. The molecule has 0 saturated heterocycles. The number of rotatable bonds is 1. The molecule has 1 fully saturated rings. The molecule has 2 atom stereocenters. The van der Waals surface area contributed by atoms with Crippen molar-refractivity contribution in [1.82, 2.24) is 9.61 Å². The number of fused-ring (bicyclic) bond motifs is 1. The second-order valence-electron chi connectivity index (χ2n) is 4.96. The lowest BCUT2D eigenvalue weighted by molar-refractivity contribution is 0.600. The molecule has 0 amide bonds. The van der Waals surface area contributed by atoms with E-state index in [0.717, 1.165) is 0 Å². The molecule has 2 aromatic rings. The molecule has 2 aromatic heterocycles. The largest absolute Gasteiger partial charge is 0.327 e. The summed E-state index contributed by atoms with van der Waals surface area (Å²) >= 11 is 0. The number of aromatic nitrogens is 2. The minimum Gasteiger partial charge on any atom is -0.327 e. The van der Waals surface area contributed by atoms with Crippen LogP contribution in [-0.4, -0.2) is 15.7 Å². The fraction of sp³-hybridized carbons (Fsp3) is 0.417. The van der Waals surface area contributed by atoms with Crippen LogP contribution in [0.25, 0.3) is 5.52 Å². The predicted octanol–water partition coefficient (Wildman–Crippen LogP) is 1.78. The highest BCUT2D eigenvalue weighted by atomic mass is 15.2. The maximum atomic E-state index is 6.09. The third-order valence-corrected chi connectivity index (χ3v) is 3.70. The average molecular weight is 201 g/mol. The molecule has 78 valence electrons. The van der Waals surface area contributed by atoms with Gasteiger partial charge in [-0.2, -0.15) is 5.10 Å². The maximum absolute atomic E-state index is 6.09. The topological polar surface area (TPSA) is 43.3 Å². The molecule has 0 aromatic carbocycles. The van der Waals surface area contributed by atoms with E-state index in [9.17, 15) is 0 Å². The van der Waals surface area contributed by atoms with Crippen LogP contribution in [0.1, 0.15) is 25.3 Å². The number of hydrogen-bond donors (Lipinski definition) is 1. The van der Waals surface area contributed by atoms with Crippen molar-refractivity contribution in [3.63, 3.8) is 0 Å². The van der Waals surface area contributed by atoms with Crippen molar-refractivity contribution in [2.45, 2.75) is 25.8 Å². The molecule has 15 heavy (non-hydrogen) atoms. The van der Waals surface area contributed by atoms with Gasteiger partial charge in [-0.25, -0.2) is 4.52 Å². The molecule has 1 aliphatic rings. The summed E-state index contributed by atoms with van der Waals surface area (Å²) in [7, 11) is 0. The van der Waals surface area contributed by atoms with Crippen LogP contribution in [0.3, 0.4) is 0 Å². The van der Waals surface area contributed by atoms with Gasteiger partial charge in [-0.1, -0.05) is 19.9 Å². The first-order chi connectivity index (χ1) is 7.12. The Balaban J connectivity index is 2.14. The third-order valence-electron chi connectivity index (χ3n) is 3.70. The van der Waals surface area contributed by atoms with Crippen LogP contribution in [0.15, 0.2) is 30.6 Å². The van der Waals surface area contributed by atoms with Crippen LogP contribution in [0, 0.1) is 5.41 Å². The van der Waals surface area contributed by atoms with Crippen molar-refractivity contribution >= 4 is 5.52 Å². The minimum atomic E-state index is 0.222. The van der Waals surface area contributed by atoms with Gasteiger partial charge in [0.05, 0.1) is 11.7 Å². The number of nitrogens with two attached hydrogens (primary N) is 1. The van der Waals surface area contributed by atoms with Gasteiger partial charge < -0.3 is 5.73 Å². The van der Waals surface area contributed by atoms with Gasteiger partial charge in [-0.3, -0.25) is 0 Å². The summed E-state index contributed by atoms with van der Waals surface area (Å²) in [6, 6.07) is 6.40. The molecular weight excluding hydrogens is 186 g/mol. The Labute approximate surface area is 88.9 Å². The zero-order valence-corrected chi connectivity index (χ0v) is 9.01. The molecule has 0 spiro atoms. The van der Waals surface area contributed by atoms with Crippen molar-refractivity contribution < 1.29 is 0 Å². The summed E-state index contributed by atoms with van der Waals surface area (Å²) < 4.78 is 1.91. The lowest BCUT2D eigenvalue weighted by Gasteiger charge is -2.00. The van der Waals surface area contributed by atoms with E-state index in [1.54, 1.807) is 0 Å². The predicted molar refractivity (Wildman–Crippen MR) is 59.7 cm³/mol. The van der Waals surface area contributed by atoms with Gasteiger partial charge in [0, 0.05) is 23.7 Å². The lowest BCUT2D eigenvalue weighted by atomic mass is 10.0. The maximum Gasteiger partial charge on any atom is 0.0697 e. The zero-order chi connectivity index (χ0) is 10.6. The lowest BCUT2D eigenvalue weighted by Crippen LogP contribution is -2.06. The summed E-state index contributed by atoms with van der Waals surface area (Å²) in [5, 5.41) is 4.34. The average Bonchev–Trinajstić information content (AvgIpc) is 2.63. The molecule has 1 aliphatic carbocycles. The van der Waals surface area contributed by atoms with Crippen LogP contribution < -0.4 is 5.73 Å². The first-order valence-electron chi connectivity index (χ1n) is 5.30. The van der Waals surface area contributed by atoms with E-state index in [2.05, 4.69) is 25.0 Å². The van der Waals surface area contributed by atoms with Gasteiger partial charge in [0.1, 0.15) is 0 Å². The second kappa shape index (κ2) is 2.61. The normalized spacial score (nSPS) is 28.2. The molecule has 2 unspecified atom stereocenters. The molecular formula is C12H15N3. The van der Waals surface area contributed by atoms with Crippen LogP contribution in [0.2, 0.25) is 0 Å². The van der Waals surface area contributed by atoms with Gasteiger partial charge in [-0.15, -0.1) is 0 Å². The van der Waals surface area contributed by atoms with Crippen LogP contribution in [-0.2, 0) is 0 Å². The Morgan fingerprint density at radius 3 is 2.80 bits per heavy atom. The zero-order valence-electron chi connectivity index (χ0n) is 9.01. The van der Waals surface area contributed by atoms with Gasteiger partial charge in [0.15, 0.2) is 0 Å². The molecule has 0 radical (unpaired) electrons. The SMILES string of the molecule is CC1(C)C(N)C1c1cnn2ccccc12. The van der Waals surface area contributed by atoms with E-state index in [0.29, 0.717) is 5.92 Å². The first-order valence-corrected chi connectivity index (χ1v) is 5.30. The number of nitrogens with zero attached hydrogens (tertiary/aromatic N) is 2. The molecule has 3 heteroatoms. The summed E-state index contributed by atoms with van der Waals surface area (Å²) in [6.07, 6.45) is 3.92. The standard InChI is InChI=1S/C12H15N3/c1-12(2)10(11(12)13)8-7-14-15-6-4-3-5-9(8)15/h3-7,10-11H,13H2,1-2H3. The summed E-state index contributed by atoms with van der Waals surface area (Å²) in [4.78, 5) is 0. The van der Waals surface area contributed by atoms with Crippen molar-refractivity contribution in [1.29, 1.82) is 0 Å². The molecule has 0 aliphatic heterocycles. The molecule has 2 heterocycles. The quantitative estimate of drug-likeness (QED) is 0.764.